The third-order valence-corrected chi connectivity index (χ3v) is 5.44. The zero-order valence-corrected chi connectivity index (χ0v) is 14.4. The van der Waals surface area contributed by atoms with Crippen LogP contribution in [-0.4, -0.2) is 11.7 Å². The van der Waals surface area contributed by atoms with Crippen molar-refractivity contribution in [3.63, 3.8) is 0 Å². The molecule has 0 aliphatic heterocycles. The van der Waals surface area contributed by atoms with Gasteiger partial charge in [-0.05, 0) is 48.4 Å². The standard InChI is InChI=1S/C20H23NOS/c1-15-7-2-3-9-17(15)13-23-14-20(22)21-19-12-6-10-16-8-4-5-11-18(16)19/h2-5,7-9,11,19H,6,10,12-14H2,1H3,(H,21,22)/t19-/m1/s1. The van der Waals surface area contributed by atoms with Crippen molar-refractivity contribution in [3.05, 3.63) is 70.8 Å². The summed E-state index contributed by atoms with van der Waals surface area (Å²) < 4.78 is 0. The number of hydrogen-bond donors (Lipinski definition) is 1. The number of benzene rings is 2. The molecule has 0 saturated carbocycles. The molecule has 2 nitrogen and oxygen atoms in total. The highest BCUT2D eigenvalue weighted by atomic mass is 32.2. The Kier molecular flexibility index (Phi) is 5.39. The molecule has 1 N–H and O–H groups in total. The Morgan fingerprint density at radius 2 is 1.96 bits per heavy atom. The molecule has 0 aromatic heterocycles. The molecule has 0 spiro atoms. The molecule has 0 fully saturated rings. The fourth-order valence-corrected chi connectivity index (χ4v) is 4.08. The van der Waals surface area contributed by atoms with Gasteiger partial charge in [-0.25, -0.2) is 0 Å². The van der Waals surface area contributed by atoms with E-state index in [4.69, 9.17) is 0 Å². The van der Waals surface area contributed by atoms with Crippen molar-refractivity contribution in [1.82, 2.24) is 5.32 Å². The van der Waals surface area contributed by atoms with Crippen LogP contribution in [0.4, 0.5) is 0 Å². The fraction of sp³-hybridized carbons (Fsp3) is 0.350. The second-order valence-electron chi connectivity index (χ2n) is 6.13. The number of hydrogen-bond acceptors (Lipinski definition) is 2. The molecule has 0 radical (unpaired) electrons. The quantitative estimate of drug-likeness (QED) is 0.881. The number of fused-ring (bicyclic) bond motifs is 1. The largest absolute Gasteiger partial charge is 0.349 e. The van der Waals surface area contributed by atoms with Crippen molar-refractivity contribution in [2.75, 3.05) is 5.75 Å². The summed E-state index contributed by atoms with van der Waals surface area (Å²) >= 11 is 1.69. The van der Waals surface area contributed by atoms with Gasteiger partial charge in [-0.1, -0.05) is 48.5 Å². The van der Waals surface area contributed by atoms with E-state index in [0.717, 1.165) is 25.0 Å². The van der Waals surface area contributed by atoms with Gasteiger partial charge < -0.3 is 5.32 Å². The molecule has 0 saturated heterocycles. The SMILES string of the molecule is Cc1ccccc1CSCC(=O)N[C@@H]1CCCc2ccccc21. The van der Waals surface area contributed by atoms with Crippen molar-refractivity contribution in [2.45, 2.75) is 38.0 Å². The molecule has 2 aromatic rings. The molecular formula is C20H23NOS. The Labute approximate surface area is 142 Å². The van der Waals surface area contributed by atoms with Crippen LogP contribution >= 0.6 is 11.8 Å². The minimum Gasteiger partial charge on any atom is -0.349 e. The topological polar surface area (TPSA) is 29.1 Å². The summed E-state index contributed by atoms with van der Waals surface area (Å²) in [7, 11) is 0. The lowest BCUT2D eigenvalue weighted by Crippen LogP contribution is -2.32. The number of nitrogens with one attached hydrogen (secondary N) is 1. The summed E-state index contributed by atoms with van der Waals surface area (Å²) in [4.78, 5) is 12.3. The van der Waals surface area contributed by atoms with Gasteiger partial charge in [-0.2, -0.15) is 0 Å². The third kappa shape index (κ3) is 4.17. The van der Waals surface area contributed by atoms with Crippen molar-refractivity contribution >= 4 is 17.7 Å². The third-order valence-electron chi connectivity index (χ3n) is 4.46. The predicted molar refractivity (Wildman–Crippen MR) is 97.6 cm³/mol. The molecule has 1 aliphatic rings. The normalized spacial score (nSPS) is 16.7. The van der Waals surface area contributed by atoms with E-state index >= 15 is 0 Å². The maximum absolute atomic E-state index is 12.3. The van der Waals surface area contributed by atoms with Crippen molar-refractivity contribution in [2.24, 2.45) is 0 Å². The first-order chi connectivity index (χ1) is 11.2. The Morgan fingerprint density at radius 1 is 1.17 bits per heavy atom. The molecule has 23 heavy (non-hydrogen) atoms. The van der Waals surface area contributed by atoms with E-state index in [9.17, 15) is 4.79 Å². The molecule has 0 heterocycles. The number of thioether (sulfide) groups is 1. The number of rotatable bonds is 5. The molecule has 0 bridgehead atoms. The van der Waals surface area contributed by atoms with Crippen LogP contribution < -0.4 is 5.32 Å². The van der Waals surface area contributed by atoms with Crippen LogP contribution in [0.15, 0.2) is 48.5 Å². The first-order valence-corrected chi connectivity index (χ1v) is 9.39. The summed E-state index contributed by atoms with van der Waals surface area (Å²) in [6.07, 6.45) is 3.33. The van der Waals surface area contributed by atoms with E-state index in [1.165, 1.54) is 22.3 Å². The average Bonchev–Trinajstić information content (AvgIpc) is 2.57. The zero-order chi connectivity index (χ0) is 16.1. The highest BCUT2D eigenvalue weighted by Gasteiger charge is 2.21. The Balaban J connectivity index is 1.52. The lowest BCUT2D eigenvalue weighted by molar-refractivity contribution is -0.119. The highest BCUT2D eigenvalue weighted by Crippen LogP contribution is 2.29. The van der Waals surface area contributed by atoms with Crippen LogP contribution in [0.2, 0.25) is 0 Å². The summed E-state index contributed by atoms with van der Waals surface area (Å²) in [6.45, 7) is 2.12. The van der Waals surface area contributed by atoms with Gasteiger partial charge in [-0.15, -0.1) is 11.8 Å². The molecule has 2 aromatic carbocycles. The maximum Gasteiger partial charge on any atom is 0.230 e. The van der Waals surface area contributed by atoms with Crippen molar-refractivity contribution < 1.29 is 4.79 Å². The molecule has 1 amide bonds. The minimum absolute atomic E-state index is 0.144. The van der Waals surface area contributed by atoms with E-state index < -0.39 is 0 Å². The Bertz CT molecular complexity index is 683. The second-order valence-corrected chi connectivity index (χ2v) is 7.12. The molecule has 0 unspecified atom stereocenters. The lowest BCUT2D eigenvalue weighted by Gasteiger charge is -2.26. The first kappa shape index (κ1) is 16.1. The smallest absolute Gasteiger partial charge is 0.230 e. The van der Waals surface area contributed by atoms with E-state index in [-0.39, 0.29) is 11.9 Å². The van der Waals surface area contributed by atoms with Crippen LogP contribution in [0.3, 0.4) is 0 Å². The lowest BCUT2D eigenvalue weighted by atomic mass is 9.88. The molecular weight excluding hydrogens is 302 g/mol. The Morgan fingerprint density at radius 3 is 2.83 bits per heavy atom. The molecule has 3 heteroatoms. The number of carbonyl (C=O) groups is 1. The summed E-state index contributed by atoms with van der Waals surface area (Å²) in [5.41, 5.74) is 5.29. The van der Waals surface area contributed by atoms with Crippen LogP contribution in [-0.2, 0) is 17.0 Å². The van der Waals surface area contributed by atoms with E-state index in [1.54, 1.807) is 11.8 Å². The van der Waals surface area contributed by atoms with Gasteiger partial charge in [0.2, 0.25) is 5.91 Å². The van der Waals surface area contributed by atoms with Crippen LogP contribution in [0.5, 0.6) is 0 Å². The predicted octanol–water partition coefficient (Wildman–Crippen LogP) is 4.42. The van der Waals surface area contributed by atoms with Gasteiger partial charge in [0, 0.05) is 5.75 Å². The summed E-state index contributed by atoms with van der Waals surface area (Å²) in [5.74, 6) is 1.55. The number of carbonyl (C=O) groups excluding carboxylic acids is 1. The zero-order valence-electron chi connectivity index (χ0n) is 13.5. The summed E-state index contributed by atoms with van der Waals surface area (Å²) in [5, 5.41) is 3.22. The van der Waals surface area contributed by atoms with Gasteiger partial charge in [-0.3, -0.25) is 4.79 Å². The summed E-state index contributed by atoms with van der Waals surface area (Å²) in [6, 6.07) is 17.0. The van der Waals surface area contributed by atoms with Crippen molar-refractivity contribution in [1.29, 1.82) is 0 Å². The van der Waals surface area contributed by atoms with Gasteiger partial charge in [0.15, 0.2) is 0 Å². The van der Waals surface area contributed by atoms with Crippen LogP contribution in [0.25, 0.3) is 0 Å². The molecule has 3 rings (SSSR count). The molecule has 1 aliphatic carbocycles. The highest BCUT2D eigenvalue weighted by molar-refractivity contribution is 7.99. The number of aryl methyl sites for hydroxylation is 2. The minimum atomic E-state index is 0.144. The molecule has 120 valence electrons. The monoisotopic (exact) mass is 325 g/mol. The number of amides is 1. The average molecular weight is 325 g/mol. The van der Waals surface area contributed by atoms with E-state index in [1.807, 2.05) is 0 Å². The molecule has 1 atom stereocenters. The fourth-order valence-electron chi connectivity index (χ4n) is 3.17. The second kappa shape index (κ2) is 7.69. The maximum atomic E-state index is 12.3. The van der Waals surface area contributed by atoms with Gasteiger partial charge >= 0.3 is 0 Å². The van der Waals surface area contributed by atoms with Gasteiger partial charge in [0.05, 0.1) is 11.8 Å². The first-order valence-electron chi connectivity index (χ1n) is 8.23. The van der Waals surface area contributed by atoms with E-state index in [2.05, 4.69) is 60.8 Å². The Hall–Kier alpha value is -1.74. The van der Waals surface area contributed by atoms with Gasteiger partial charge in [0.25, 0.3) is 0 Å². The van der Waals surface area contributed by atoms with Crippen LogP contribution in [0, 0.1) is 6.92 Å². The van der Waals surface area contributed by atoms with E-state index in [0.29, 0.717) is 5.75 Å². The van der Waals surface area contributed by atoms with Crippen LogP contribution in [0.1, 0.15) is 41.1 Å². The van der Waals surface area contributed by atoms with Crippen molar-refractivity contribution in [3.8, 4) is 0 Å². The van der Waals surface area contributed by atoms with Gasteiger partial charge in [0.1, 0.15) is 0 Å².